The third-order valence-electron chi connectivity index (χ3n) is 2.89. The molecule has 5 heteroatoms. The Hall–Kier alpha value is -1.10. The van der Waals surface area contributed by atoms with E-state index >= 15 is 0 Å². The second kappa shape index (κ2) is 5.30. The van der Waals surface area contributed by atoms with Crippen molar-refractivity contribution in [3.05, 3.63) is 0 Å². The van der Waals surface area contributed by atoms with Gasteiger partial charge in [0.2, 0.25) is 0 Å². The first-order valence-electron chi connectivity index (χ1n) is 5.53. The van der Waals surface area contributed by atoms with Crippen molar-refractivity contribution < 1.29 is 19.1 Å². The van der Waals surface area contributed by atoms with Crippen molar-refractivity contribution in [3.8, 4) is 0 Å². The number of rotatable bonds is 2. The van der Waals surface area contributed by atoms with Gasteiger partial charge >= 0.3 is 11.9 Å². The predicted octanol–water partition coefficient (Wildman–Crippen LogP) is 0.577. The number of likely N-dealkylation sites (tertiary alicyclic amines) is 1. The molecule has 1 atom stereocenters. The molecule has 0 aromatic heterocycles. The van der Waals surface area contributed by atoms with Gasteiger partial charge in [0.15, 0.2) is 0 Å². The molecule has 0 saturated carbocycles. The molecule has 1 rings (SSSR count). The van der Waals surface area contributed by atoms with E-state index in [9.17, 15) is 9.59 Å². The lowest BCUT2D eigenvalue weighted by Crippen LogP contribution is -2.51. The molecular weight excluding hydrogens is 210 g/mol. The van der Waals surface area contributed by atoms with Crippen molar-refractivity contribution in [2.45, 2.75) is 32.3 Å². The standard InChI is InChI=1S/C11H19NO4/c1-4-16-10(14)9(13)12-7-5-6-11(2,8-12)15-3/h4-8H2,1-3H3. The van der Waals surface area contributed by atoms with E-state index in [2.05, 4.69) is 4.74 Å². The van der Waals surface area contributed by atoms with Crippen LogP contribution in [-0.2, 0) is 19.1 Å². The van der Waals surface area contributed by atoms with Crippen molar-refractivity contribution in [1.29, 1.82) is 0 Å². The van der Waals surface area contributed by atoms with Crippen molar-refractivity contribution in [1.82, 2.24) is 4.90 Å². The van der Waals surface area contributed by atoms with Crippen LogP contribution in [0.3, 0.4) is 0 Å². The quantitative estimate of drug-likeness (QED) is 0.513. The van der Waals surface area contributed by atoms with Crippen molar-refractivity contribution >= 4 is 11.9 Å². The molecule has 1 fully saturated rings. The second-order valence-corrected chi connectivity index (χ2v) is 4.20. The molecule has 16 heavy (non-hydrogen) atoms. The van der Waals surface area contributed by atoms with E-state index in [1.807, 2.05) is 6.92 Å². The number of hydrogen-bond donors (Lipinski definition) is 0. The van der Waals surface area contributed by atoms with E-state index in [0.29, 0.717) is 13.1 Å². The van der Waals surface area contributed by atoms with Gasteiger partial charge in [-0.1, -0.05) is 0 Å². The molecule has 0 spiro atoms. The third kappa shape index (κ3) is 2.95. The summed E-state index contributed by atoms with van der Waals surface area (Å²) >= 11 is 0. The van der Waals surface area contributed by atoms with Gasteiger partial charge in [0.05, 0.1) is 12.2 Å². The second-order valence-electron chi connectivity index (χ2n) is 4.20. The highest BCUT2D eigenvalue weighted by Crippen LogP contribution is 2.23. The molecule has 0 aromatic carbocycles. The first-order valence-corrected chi connectivity index (χ1v) is 5.53. The van der Waals surface area contributed by atoms with Gasteiger partial charge in [-0.3, -0.25) is 4.79 Å². The third-order valence-corrected chi connectivity index (χ3v) is 2.89. The lowest BCUT2D eigenvalue weighted by atomic mass is 9.95. The Bertz CT molecular complexity index is 279. The highest BCUT2D eigenvalue weighted by atomic mass is 16.5. The Labute approximate surface area is 95.7 Å². The minimum atomic E-state index is -0.775. The zero-order valence-corrected chi connectivity index (χ0v) is 10.1. The average Bonchev–Trinajstić information content (AvgIpc) is 2.28. The summed E-state index contributed by atoms with van der Waals surface area (Å²) in [6, 6.07) is 0. The summed E-state index contributed by atoms with van der Waals surface area (Å²) in [4.78, 5) is 24.5. The molecule has 0 bridgehead atoms. The maximum atomic E-state index is 11.7. The van der Waals surface area contributed by atoms with Crippen LogP contribution in [0.2, 0.25) is 0 Å². The number of piperidine rings is 1. The summed E-state index contributed by atoms with van der Waals surface area (Å²) in [7, 11) is 1.62. The fraction of sp³-hybridized carbons (Fsp3) is 0.818. The molecule has 0 aliphatic carbocycles. The van der Waals surface area contributed by atoms with Gasteiger partial charge in [0.25, 0.3) is 0 Å². The summed E-state index contributed by atoms with van der Waals surface area (Å²) in [6.07, 6.45) is 1.74. The van der Waals surface area contributed by atoms with Crippen molar-refractivity contribution in [2.24, 2.45) is 0 Å². The molecule has 0 aromatic rings. The number of amides is 1. The van der Waals surface area contributed by atoms with Crippen LogP contribution in [0.15, 0.2) is 0 Å². The fourth-order valence-electron chi connectivity index (χ4n) is 1.87. The zero-order valence-electron chi connectivity index (χ0n) is 10.1. The molecule has 1 aliphatic heterocycles. The number of methoxy groups -OCH3 is 1. The summed E-state index contributed by atoms with van der Waals surface area (Å²) in [5.74, 6) is -1.34. The highest BCUT2D eigenvalue weighted by molar-refractivity contribution is 6.32. The molecule has 92 valence electrons. The monoisotopic (exact) mass is 229 g/mol. The molecule has 1 heterocycles. The van der Waals surface area contributed by atoms with Crippen molar-refractivity contribution in [3.63, 3.8) is 0 Å². The number of esters is 1. The number of nitrogens with zero attached hydrogens (tertiary/aromatic N) is 1. The zero-order chi connectivity index (χ0) is 12.2. The molecule has 1 aliphatic rings. The van der Waals surface area contributed by atoms with Gasteiger partial charge in [-0.15, -0.1) is 0 Å². The predicted molar refractivity (Wildman–Crippen MR) is 57.9 cm³/mol. The van der Waals surface area contributed by atoms with E-state index in [1.54, 1.807) is 14.0 Å². The van der Waals surface area contributed by atoms with Gasteiger partial charge in [-0.05, 0) is 26.7 Å². The molecule has 5 nitrogen and oxygen atoms in total. The largest absolute Gasteiger partial charge is 0.459 e. The lowest BCUT2D eigenvalue weighted by molar-refractivity contribution is -0.163. The summed E-state index contributed by atoms with van der Waals surface area (Å²) < 4.78 is 10.0. The SMILES string of the molecule is CCOC(=O)C(=O)N1CCCC(C)(OC)C1. The number of carbonyl (C=O) groups excluding carboxylic acids is 2. The van der Waals surface area contributed by atoms with Crippen LogP contribution in [0.5, 0.6) is 0 Å². The number of ether oxygens (including phenoxy) is 2. The van der Waals surface area contributed by atoms with E-state index in [1.165, 1.54) is 4.90 Å². The molecule has 1 unspecified atom stereocenters. The number of carbonyl (C=O) groups is 2. The lowest BCUT2D eigenvalue weighted by Gasteiger charge is -2.38. The number of hydrogen-bond acceptors (Lipinski definition) is 4. The minimum Gasteiger partial charge on any atom is -0.459 e. The topological polar surface area (TPSA) is 55.8 Å². The Morgan fingerprint density at radius 2 is 2.12 bits per heavy atom. The Balaban J connectivity index is 2.60. The molecule has 1 amide bonds. The highest BCUT2D eigenvalue weighted by Gasteiger charge is 2.35. The Kier molecular flexibility index (Phi) is 4.29. The first kappa shape index (κ1) is 13.0. The summed E-state index contributed by atoms with van der Waals surface area (Å²) in [6.45, 7) is 4.88. The molecule has 0 radical (unpaired) electrons. The van der Waals surface area contributed by atoms with Gasteiger partial charge in [0, 0.05) is 20.2 Å². The van der Waals surface area contributed by atoms with Crippen LogP contribution in [0.4, 0.5) is 0 Å². The van der Waals surface area contributed by atoms with Crippen LogP contribution in [-0.4, -0.2) is 49.2 Å². The molecular formula is C11H19NO4. The van der Waals surface area contributed by atoms with E-state index in [0.717, 1.165) is 12.8 Å². The van der Waals surface area contributed by atoms with E-state index in [-0.39, 0.29) is 12.2 Å². The van der Waals surface area contributed by atoms with E-state index in [4.69, 9.17) is 4.74 Å². The fourth-order valence-corrected chi connectivity index (χ4v) is 1.87. The van der Waals surface area contributed by atoms with Crippen LogP contribution in [0.1, 0.15) is 26.7 Å². The van der Waals surface area contributed by atoms with Crippen molar-refractivity contribution in [2.75, 3.05) is 26.8 Å². The van der Waals surface area contributed by atoms with Gasteiger partial charge in [-0.25, -0.2) is 4.79 Å². The molecule has 0 N–H and O–H groups in total. The maximum Gasteiger partial charge on any atom is 0.397 e. The minimum absolute atomic E-state index is 0.222. The summed E-state index contributed by atoms with van der Waals surface area (Å²) in [5, 5.41) is 0. The van der Waals surface area contributed by atoms with Crippen LogP contribution < -0.4 is 0 Å². The van der Waals surface area contributed by atoms with Gasteiger partial charge in [0.1, 0.15) is 0 Å². The Morgan fingerprint density at radius 1 is 1.44 bits per heavy atom. The van der Waals surface area contributed by atoms with Crippen LogP contribution in [0, 0.1) is 0 Å². The van der Waals surface area contributed by atoms with Gasteiger partial charge in [-0.2, -0.15) is 0 Å². The van der Waals surface area contributed by atoms with Crippen LogP contribution in [0.25, 0.3) is 0 Å². The Morgan fingerprint density at radius 3 is 2.69 bits per heavy atom. The maximum absolute atomic E-state index is 11.7. The smallest absolute Gasteiger partial charge is 0.397 e. The van der Waals surface area contributed by atoms with E-state index < -0.39 is 11.9 Å². The first-order chi connectivity index (χ1) is 7.52. The summed E-state index contributed by atoms with van der Waals surface area (Å²) in [5.41, 5.74) is -0.347. The van der Waals surface area contributed by atoms with Gasteiger partial charge < -0.3 is 14.4 Å². The molecule has 1 saturated heterocycles. The normalized spacial score (nSPS) is 25.3. The average molecular weight is 229 g/mol. The van der Waals surface area contributed by atoms with Crippen LogP contribution >= 0.6 is 0 Å².